The van der Waals surface area contributed by atoms with Gasteiger partial charge >= 0.3 is 6.03 Å². The van der Waals surface area contributed by atoms with Crippen LogP contribution in [0.3, 0.4) is 0 Å². The van der Waals surface area contributed by atoms with Crippen LogP contribution in [0.5, 0.6) is 0 Å². The predicted octanol–water partition coefficient (Wildman–Crippen LogP) is 0.842. The van der Waals surface area contributed by atoms with E-state index in [0.29, 0.717) is 6.42 Å². The van der Waals surface area contributed by atoms with Crippen LogP contribution in [-0.2, 0) is 14.3 Å². The minimum Gasteiger partial charge on any atom is -0.353 e. The van der Waals surface area contributed by atoms with Crippen molar-refractivity contribution in [3.63, 3.8) is 0 Å². The smallest absolute Gasteiger partial charge is 0.328 e. The van der Waals surface area contributed by atoms with E-state index in [1.165, 1.54) is 4.90 Å². The number of azide groups is 1. The van der Waals surface area contributed by atoms with Gasteiger partial charge in [0.05, 0.1) is 18.8 Å². The molecule has 3 aliphatic heterocycles. The van der Waals surface area contributed by atoms with Gasteiger partial charge < -0.3 is 9.47 Å². The van der Waals surface area contributed by atoms with Crippen molar-refractivity contribution in [2.24, 2.45) is 5.11 Å². The van der Waals surface area contributed by atoms with Crippen molar-refractivity contribution in [3.05, 3.63) is 10.4 Å². The summed E-state index contributed by atoms with van der Waals surface area (Å²) in [4.78, 5) is 28.0. The minimum atomic E-state index is -1.05. The number of halogens is 1. The van der Waals surface area contributed by atoms with Crippen molar-refractivity contribution in [2.75, 3.05) is 6.61 Å². The Hall–Kier alpha value is -1.35. The lowest BCUT2D eigenvalue weighted by molar-refractivity contribution is -0.140. The molecule has 20 heavy (non-hydrogen) atoms. The molecule has 3 fully saturated rings. The summed E-state index contributed by atoms with van der Waals surface area (Å²) in [7, 11) is 0. The third-order valence-corrected chi connectivity index (χ3v) is 4.50. The van der Waals surface area contributed by atoms with Gasteiger partial charge in [-0.05, 0) is 12.5 Å². The Morgan fingerprint density at radius 3 is 3.05 bits per heavy atom. The van der Waals surface area contributed by atoms with Crippen LogP contribution in [0.2, 0.25) is 0 Å². The molecule has 1 N–H and O–H groups in total. The van der Waals surface area contributed by atoms with E-state index < -0.39 is 34.8 Å². The van der Waals surface area contributed by atoms with Crippen LogP contribution in [-0.4, -0.2) is 52.4 Å². The Morgan fingerprint density at radius 1 is 1.60 bits per heavy atom. The number of imide groups is 1. The number of alkyl halides is 1. The van der Waals surface area contributed by atoms with Gasteiger partial charge in [0.1, 0.15) is 10.6 Å². The van der Waals surface area contributed by atoms with E-state index in [2.05, 4.69) is 31.3 Å². The summed E-state index contributed by atoms with van der Waals surface area (Å²) in [5, 5.41) is 5.92. The molecule has 9 nitrogen and oxygen atoms in total. The molecule has 3 aliphatic rings. The van der Waals surface area contributed by atoms with Crippen molar-refractivity contribution in [1.82, 2.24) is 10.2 Å². The Bertz CT molecular complexity index is 520. The quantitative estimate of drug-likeness (QED) is 0.328. The zero-order valence-corrected chi connectivity index (χ0v) is 12.1. The van der Waals surface area contributed by atoms with Crippen LogP contribution in [0.1, 0.15) is 13.3 Å². The summed E-state index contributed by atoms with van der Waals surface area (Å²) >= 11 is 3.31. The second-order valence-electron chi connectivity index (χ2n) is 5.06. The second-order valence-corrected chi connectivity index (χ2v) is 6.71. The fraction of sp³-hybridized carbons (Fsp3) is 0.800. The van der Waals surface area contributed by atoms with Crippen LogP contribution < -0.4 is 5.32 Å². The number of urea groups is 1. The number of nitrogens with zero attached hydrogens (tertiary/aromatic N) is 4. The van der Waals surface area contributed by atoms with Gasteiger partial charge in [0.15, 0.2) is 6.23 Å². The van der Waals surface area contributed by atoms with Gasteiger partial charge in [-0.3, -0.25) is 15.0 Å². The first-order valence-corrected chi connectivity index (χ1v) is 6.88. The Labute approximate surface area is 122 Å². The highest BCUT2D eigenvalue weighted by atomic mass is 79.9. The average Bonchev–Trinajstić information content (AvgIpc) is 2.64. The van der Waals surface area contributed by atoms with Crippen molar-refractivity contribution >= 4 is 27.9 Å². The van der Waals surface area contributed by atoms with Gasteiger partial charge in [-0.2, -0.15) is 0 Å². The van der Waals surface area contributed by atoms with E-state index >= 15 is 0 Å². The summed E-state index contributed by atoms with van der Waals surface area (Å²) in [6.45, 7) is 1.79. The fourth-order valence-electron chi connectivity index (χ4n) is 2.69. The van der Waals surface area contributed by atoms with Crippen LogP contribution in [0.15, 0.2) is 5.11 Å². The molecule has 0 radical (unpaired) electrons. The number of fused-ring (bicyclic) bond motifs is 4. The summed E-state index contributed by atoms with van der Waals surface area (Å²) in [5.74, 6) is -0.451. The van der Waals surface area contributed by atoms with Crippen molar-refractivity contribution in [1.29, 1.82) is 0 Å². The number of nitrogens with one attached hydrogen (secondary N) is 1. The van der Waals surface area contributed by atoms with Gasteiger partial charge in [-0.25, -0.2) is 4.79 Å². The molecule has 0 aromatic rings. The molecule has 3 amide bonds. The molecule has 0 aromatic carbocycles. The molecule has 5 atom stereocenters. The standard InChI is InChI=1S/C10H12BrN5O4/c1-10(11)7(17)13-9(18)16-6-2-4(14-15-12)5(20-6)3-19-8(10)16/h4-6,8H,2-3H2,1H3,(H,13,17,18). The summed E-state index contributed by atoms with van der Waals surface area (Å²) < 4.78 is 10.3. The highest BCUT2D eigenvalue weighted by Gasteiger charge is 2.56. The first kappa shape index (κ1) is 13.6. The molecule has 3 saturated heterocycles. The average molecular weight is 346 g/mol. The zero-order chi connectivity index (χ0) is 14.5. The molecular formula is C10H12BrN5O4. The summed E-state index contributed by atoms with van der Waals surface area (Å²) in [6.07, 6.45) is -1.36. The Kier molecular flexibility index (Phi) is 3.13. The van der Waals surface area contributed by atoms with E-state index in [9.17, 15) is 9.59 Å². The summed E-state index contributed by atoms with van der Waals surface area (Å²) in [6, 6.07) is -0.942. The number of amides is 3. The molecule has 0 saturated carbocycles. The Balaban J connectivity index is 1.93. The van der Waals surface area contributed by atoms with Crippen LogP contribution in [0, 0.1) is 0 Å². The molecule has 10 heteroatoms. The molecule has 5 unspecified atom stereocenters. The van der Waals surface area contributed by atoms with Crippen molar-refractivity contribution < 1.29 is 19.1 Å². The van der Waals surface area contributed by atoms with E-state index in [0.717, 1.165) is 0 Å². The molecule has 0 aromatic heterocycles. The number of ether oxygens (including phenoxy) is 2. The normalized spacial score (nSPS) is 43.4. The zero-order valence-electron chi connectivity index (χ0n) is 10.5. The highest BCUT2D eigenvalue weighted by Crippen LogP contribution is 2.39. The van der Waals surface area contributed by atoms with Crippen molar-refractivity contribution in [3.8, 4) is 0 Å². The third-order valence-electron chi connectivity index (χ3n) is 3.75. The van der Waals surface area contributed by atoms with Gasteiger partial charge in [0, 0.05) is 11.3 Å². The second kappa shape index (κ2) is 4.59. The molecule has 108 valence electrons. The van der Waals surface area contributed by atoms with Crippen molar-refractivity contribution in [2.45, 2.75) is 42.3 Å². The van der Waals surface area contributed by atoms with Crippen LogP contribution in [0.4, 0.5) is 4.79 Å². The third kappa shape index (κ3) is 1.87. The fourth-order valence-corrected chi connectivity index (χ4v) is 3.14. The molecular weight excluding hydrogens is 334 g/mol. The molecule has 2 bridgehead atoms. The van der Waals surface area contributed by atoms with Crippen LogP contribution in [0.25, 0.3) is 10.4 Å². The largest absolute Gasteiger partial charge is 0.353 e. The molecule has 3 heterocycles. The molecule has 0 spiro atoms. The number of carbonyl (C=O) groups excluding carboxylic acids is 2. The minimum absolute atomic E-state index is 0.156. The van der Waals surface area contributed by atoms with Gasteiger partial charge in [-0.1, -0.05) is 21.0 Å². The lowest BCUT2D eigenvalue weighted by atomic mass is 10.0. The Morgan fingerprint density at radius 2 is 2.35 bits per heavy atom. The van der Waals surface area contributed by atoms with E-state index in [1.807, 2.05) is 0 Å². The molecule has 0 aliphatic carbocycles. The maximum atomic E-state index is 12.0. The lowest BCUT2D eigenvalue weighted by Gasteiger charge is -2.44. The number of hydrogen-bond donors (Lipinski definition) is 1. The predicted molar refractivity (Wildman–Crippen MR) is 68.7 cm³/mol. The van der Waals surface area contributed by atoms with Gasteiger partial charge in [-0.15, -0.1) is 0 Å². The maximum absolute atomic E-state index is 12.0. The lowest BCUT2D eigenvalue weighted by Crippen LogP contribution is -2.69. The van der Waals surface area contributed by atoms with Crippen LogP contribution >= 0.6 is 15.9 Å². The number of hydrogen-bond acceptors (Lipinski definition) is 5. The first-order valence-electron chi connectivity index (χ1n) is 6.09. The highest BCUT2D eigenvalue weighted by molar-refractivity contribution is 9.10. The maximum Gasteiger partial charge on any atom is 0.328 e. The van der Waals surface area contributed by atoms with Gasteiger partial charge in [0.25, 0.3) is 0 Å². The SMILES string of the molecule is CC1(Br)C(=O)NC(=O)N2C3CC(N=[N+]=[N-])C(COC21)O3. The summed E-state index contributed by atoms with van der Waals surface area (Å²) in [5.41, 5.74) is 8.54. The van der Waals surface area contributed by atoms with E-state index in [4.69, 9.17) is 15.0 Å². The topological polar surface area (TPSA) is 117 Å². The first-order chi connectivity index (χ1) is 9.45. The monoisotopic (exact) mass is 345 g/mol. The van der Waals surface area contributed by atoms with E-state index in [-0.39, 0.29) is 12.6 Å². The van der Waals surface area contributed by atoms with E-state index in [1.54, 1.807) is 6.92 Å². The number of rotatable bonds is 1. The number of carbonyl (C=O) groups is 2. The molecule has 3 rings (SSSR count). The van der Waals surface area contributed by atoms with Gasteiger partial charge in [0.2, 0.25) is 5.91 Å².